The fourth-order valence-electron chi connectivity index (χ4n) is 1.93. The Morgan fingerprint density at radius 1 is 1.60 bits per heavy atom. The van der Waals surface area contributed by atoms with Gasteiger partial charge in [-0.05, 0) is 51.6 Å². The predicted molar refractivity (Wildman–Crippen MR) is 61.3 cm³/mol. The van der Waals surface area contributed by atoms with Crippen molar-refractivity contribution in [3.05, 3.63) is 0 Å². The van der Waals surface area contributed by atoms with E-state index in [9.17, 15) is 4.79 Å². The number of carbonyl (C=O) groups is 1. The molecule has 1 fully saturated rings. The number of hydrogen-bond acceptors (Lipinski definition) is 2. The van der Waals surface area contributed by atoms with Crippen LogP contribution in [0.5, 0.6) is 0 Å². The zero-order chi connectivity index (χ0) is 11.1. The van der Waals surface area contributed by atoms with E-state index in [0.29, 0.717) is 5.92 Å². The van der Waals surface area contributed by atoms with Crippen LogP contribution in [0.25, 0.3) is 0 Å². The lowest BCUT2D eigenvalue weighted by molar-refractivity contribution is -0.125. The second kappa shape index (κ2) is 6.47. The van der Waals surface area contributed by atoms with E-state index in [1.165, 1.54) is 12.8 Å². The van der Waals surface area contributed by atoms with E-state index in [1.807, 2.05) is 11.8 Å². The SMILES string of the molecule is CC#CC(=O)N(CC)CC1CCCNC1. The fraction of sp³-hybridized carbons (Fsp3) is 0.750. The molecule has 1 heterocycles. The van der Waals surface area contributed by atoms with Gasteiger partial charge in [0.05, 0.1) is 0 Å². The number of hydrogen-bond donors (Lipinski definition) is 1. The number of nitrogens with zero attached hydrogens (tertiary/aromatic N) is 1. The quantitative estimate of drug-likeness (QED) is 0.698. The highest BCUT2D eigenvalue weighted by atomic mass is 16.2. The standard InChI is InChI=1S/C12H20N2O/c1-3-6-12(15)14(4-2)10-11-7-5-8-13-9-11/h11,13H,4-5,7-10H2,1-2H3. The maximum Gasteiger partial charge on any atom is 0.298 e. The third-order valence-corrected chi connectivity index (χ3v) is 2.78. The Morgan fingerprint density at radius 3 is 2.93 bits per heavy atom. The van der Waals surface area contributed by atoms with E-state index in [2.05, 4.69) is 17.2 Å². The average molecular weight is 208 g/mol. The van der Waals surface area contributed by atoms with Crippen molar-refractivity contribution in [3.63, 3.8) is 0 Å². The summed E-state index contributed by atoms with van der Waals surface area (Å²) in [6.07, 6.45) is 2.44. The van der Waals surface area contributed by atoms with Crippen molar-refractivity contribution < 1.29 is 4.79 Å². The molecule has 0 aliphatic carbocycles. The summed E-state index contributed by atoms with van der Waals surface area (Å²) in [6.45, 7) is 7.45. The normalized spacial score (nSPS) is 20.3. The third-order valence-electron chi connectivity index (χ3n) is 2.78. The summed E-state index contributed by atoms with van der Waals surface area (Å²) in [5.41, 5.74) is 0. The van der Waals surface area contributed by atoms with E-state index >= 15 is 0 Å². The number of amides is 1. The van der Waals surface area contributed by atoms with E-state index < -0.39 is 0 Å². The van der Waals surface area contributed by atoms with Gasteiger partial charge in [0, 0.05) is 13.1 Å². The van der Waals surface area contributed by atoms with Gasteiger partial charge in [-0.25, -0.2) is 0 Å². The molecule has 1 rings (SSSR count). The first kappa shape index (κ1) is 12.1. The zero-order valence-corrected chi connectivity index (χ0v) is 9.68. The predicted octanol–water partition coefficient (Wildman–Crippen LogP) is 0.858. The second-order valence-electron chi connectivity index (χ2n) is 3.93. The van der Waals surface area contributed by atoms with Crippen LogP contribution in [0.2, 0.25) is 0 Å². The van der Waals surface area contributed by atoms with Crippen LogP contribution in [0.3, 0.4) is 0 Å². The summed E-state index contributed by atoms with van der Waals surface area (Å²) in [5.74, 6) is 5.83. The van der Waals surface area contributed by atoms with Crippen molar-refractivity contribution >= 4 is 5.91 Å². The van der Waals surface area contributed by atoms with Gasteiger partial charge in [0.2, 0.25) is 0 Å². The Morgan fingerprint density at radius 2 is 2.40 bits per heavy atom. The molecule has 1 N–H and O–H groups in total. The molecule has 0 aromatic rings. The smallest absolute Gasteiger partial charge is 0.298 e. The van der Waals surface area contributed by atoms with Gasteiger partial charge < -0.3 is 10.2 Å². The van der Waals surface area contributed by atoms with Crippen LogP contribution in [0.4, 0.5) is 0 Å². The molecule has 0 bridgehead atoms. The molecule has 1 amide bonds. The molecule has 15 heavy (non-hydrogen) atoms. The molecule has 84 valence electrons. The number of carbonyl (C=O) groups excluding carboxylic acids is 1. The van der Waals surface area contributed by atoms with E-state index in [-0.39, 0.29) is 5.91 Å². The molecule has 1 unspecified atom stereocenters. The van der Waals surface area contributed by atoms with Crippen molar-refractivity contribution in [2.45, 2.75) is 26.7 Å². The fourth-order valence-corrected chi connectivity index (χ4v) is 1.93. The van der Waals surface area contributed by atoms with Crippen molar-refractivity contribution in [2.75, 3.05) is 26.2 Å². The number of piperidine rings is 1. The molecule has 1 atom stereocenters. The first-order chi connectivity index (χ1) is 7.27. The van der Waals surface area contributed by atoms with E-state index in [0.717, 1.165) is 26.2 Å². The van der Waals surface area contributed by atoms with Crippen LogP contribution in [-0.4, -0.2) is 37.0 Å². The van der Waals surface area contributed by atoms with Crippen molar-refractivity contribution in [1.29, 1.82) is 0 Å². The average Bonchev–Trinajstić information content (AvgIpc) is 2.27. The Balaban J connectivity index is 2.43. The summed E-state index contributed by atoms with van der Waals surface area (Å²) in [6, 6.07) is 0. The highest BCUT2D eigenvalue weighted by Crippen LogP contribution is 2.11. The molecule has 0 saturated carbocycles. The minimum Gasteiger partial charge on any atom is -0.332 e. The largest absolute Gasteiger partial charge is 0.332 e. The van der Waals surface area contributed by atoms with Crippen molar-refractivity contribution in [2.24, 2.45) is 5.92 Å². The van der Waals surface area contributed by atoms with Gasteiger partial charge in [-0.15, -0.1) is 0 Å². The van der Waals surface area contributed by atoms with Gasteiger partial charge in [0.1, 0.15) is 0 Å². The lowest BCUT2D eigenvalue weighted by atomic mass is 9.99. The van der Waals surface area contributed by atoms with Gasteiger partial charge in [0.25, 0.3) is 5.91 Å². The van der Waals surface area contributed by atoms with E-state index in [4.69, 9.17) is 0 Å². The molecule has 1 aliphatic rings. The molecule has 0 radical (unpaired) electrons. The summed E-state index contributed by atoms with van der Waals surface area (Å²) in [4.78, 5) is 13.4. The molecule has 0 aromatic heterocycles. The van der Waals surface area contributed by atoms with Crippen LogP contribution in [0, 0.1) is 17.8 Å². The first-order valence-corrected chi connectivity index (χ1v) is 5.70. The summed E-state index contributed by atoms with van der Waals surface area (Å²) in [7, 11) is 0. The van der Waals surface area contributed by atoms with Gasteiger partial charge in [-0.2, -0.15) is 0 Å². The minimum atomic E-state index is -0.0365. The monoisotopic (exact) mass is 208 g/mol. The maximum absolute atomic E-state index is 11.6. The topological polar surface area (TPSA) is 32.3 Å². The summed E-state index contributed by atoms with van der Waals surface area (Å²) >= 11 is 0. The highest BCUT2D eigenvalue weighted by Gasteiger charge is 2.18. The summed E-state index contributed by atoms with van der Waals surface area (Å²) < 4.78 is 0. The number of rotatable bonds is 3. The third kappa shape index (κ3) is 3.93. The Labute approximate surface area is 92.2 Å². The zero-order valence-electron chi connectivity index (χ0n) is 9.68. The Bertz CT molecular complexity index is 259. The Hall–Kier alpha value is -1.01. The van der Waals surface area contributed by atoms with Gasteiger partial charge in [-0.1, -0.05) is 5.92 Å². The molecule has 3 nitrogen and oxygen atoms in total. The first-order valence-electron chi connectivity index (χ1n) is 5.70. The molecular formula is C12H20N2O. The highest BCUT2D eigenvalue weighted by molar-refractivity contribution is 5.93. The van der Waals surface area contributed by atoms with Crippen molar-refractivity contribution in [3.8, 4) is 11.8 Å². The van der Waals surface area contributed by atoms with Crippen LogP contribution in [0.1, 0.15) is 26.7 Å². The summed E-state index contributed by atoms with van der Waals surface area (Å²) in [5, 5.41) is 3.36. The molecule has 1 aliphatic heterocycles. The molecule has 0 spiro atoms. The van der Waals surface area contributed by atoms with Gasteiger partial charge in [0.15, 0.2) is 0 Å². The molecule has 0 aromatic carbocycles. The lowest BCUT2D eigenvalue weighted by Gasteiger charge is -2.28. The minimum absolute atomic E-state index is 0.0365. The van der Waals surface area contributed by atoms with Crippen LogP contribution < -0.4 is 5.32 Å². The maximum atomic E-state index is 11.6. The van der Waals surface area contributed by atoms with Gasteiger partial charge in [-0.3, -0.25) is 4.79 Å². The van der Waals surface area contributed by atoms with Gasteiger partial charge >= 0.3 is 0 Å². The molecular weight excluding hydrogens is 188 g/mol. The lowest BCUT2D eigenvalue weighted by Crippen LogP contribution is -2.40. The van der Waals surface area contributed by atoms with E-state index in [1.54, 1.807) is 6.92 Å². The number of nitrogens with one attached hydrogen (secondary N) is 1. The Kier molecular flexibility index (Phi) is 5.20. The van der Waals surface area contributed by atoms with Crippen LogP contribution in [0.15, 0.2) is 0 Å². The second-order valence-corrected chi connectivity index (χ2v) is 3.93. The van der Waals surface area contributed by atoms with Crippen molar-refractivity contribution in [1.82, 2.24) is 10.2 Å². The van der Waals surface area contributed by atoms with Crippen LogP contribution in [-0.2, 0) is 4.79 Å². The molecule has 3 heteroatoms. The molecule has 1 saturated heterocycles. The van der Waals surface area contributed by atoms with Crippen LogP contribution >= 0.6 is 0 Å².